The van der Waals surface area contributed by atoms with E-state index in [1.165, 1.54) is 6.07 Å². The first-order valence-electron chi connectivity index (χ1n) is 5.66. The minimum atomic E-state index is -1.14. The van der Waals surface area contributed by atoms with Gasteiger partial charge in [0, 0.05) is 10.5 Å². The SMILES string of the molecule is O=C(O)c1cnn2c(=O)cc(-c3ccc(Br)cc3)[nH]c12. The van der Waals surface area contributed by atoms with E-state index >= 15 is 0 Å². The number of nitrogens with one attached hydrogen (secondary N) is 1. The summed E-state index contributed by atoms with van der Waals surface area (Å²) in [6.45, 7) is 0. The number of carbonyl (C=O) groups is 1. The Labute approximate surface area is 120 Å². The summed E-state index contributed by atoms with van der Waals surface area (Å²) in [5, 5.41) is 12.9. The van der Waals surface area contributed by atoms with E-state index in [4.69, 9.17) is 5.11 Å². The van der Waals surface area contributed by atoms with Gasteiger partial charge < -0.3 is 10.1 Å². The molecule has 0 bridgehead atoms. The molecule has 2 heterocycles. The van der Waals surface area contributed by atoms with Gasteiger partial charge in [-0.05, 0) is 17.7 Å². The molecule has 0 fully saturated rings. The Bertz CT molecular complexity index is 865. The maximum absolute atomic E-state index is 12.0. The summed E-state index contributed by atoms with van der Waals surface area (Å²) < 4.78 is 1.95. The number of nitrogens with zero attached hydrogens (tertiary/aromatic N) is 2. The highest BCUT2D eigenvalue weighted by Crippen LogP contribution is 2.20. The van der Waals surface area contributed by atoms with Crippen molar-refractivity contribution in [3.63, 3.8) is 0 Å². The van der Waals surface area contributed by atoms with Crippen molar-refractivity contribution in [2.45, 2.75) is 0 Å². The van der Waals surface area contributed by atoms with Crippen LogP contribution in [0.1, 0.15) is 10.4 Å². The smallest absolute Gasteiger partial charge is 0.341 e. The Balaban J connectivity index is 2.27. The topological polar surface area (TPSA) is 87.5 Å². The Morgan fingerprint density at radius 1 is 1.30 bits per heavy atom. The van der Waals surface area contributed by atoms with Crippen molar-refractivity contribution in [2.75, 3.05) is 0 Å². The van der Waals surface area contributed by atoms with Gasteiger partial charge in [0.1, 0.15) is 5.56 Å². The van der Waals surface area contributed by atoms with Crippen molar-refractivity contribution < 1.29 is 9.90 Å². The second-order valence-electron chi connectivity index (χ2n) is 4.15. The van der Waals surface area contributed by atoms with Gasteiger partial charge in [0.2, 0.25) is 0 Å². The zero-order chi connectivity index (χ0) is 14.3. The van der Waals surface area contributed by atoms with E-state index in [0.29, 0.717) is 5.69 Å². The van der Waals surface area contributed by atoms with Crippen LogP contribution in [0.3, 0.4) is 0 Å². The molecule has 0 aliphatic rings. The number of H-pyrrole nitrogens is 1. The van der Waals surface area contributed by atoms with Crippen molar-refractivity contribution in [1.82, 2.24) is 14.6 Å². The van der Waals surface area contributed by atoms with Crippen LogP contribution in [0.4, 0.5) is 0 Å². The molecule has 2 aromatic heterocycles. The molecule has 0 aliphatic carbocycles. The van der Waals surface area contributed by atoms with Crippen molar-refractivity contribution >= 4 is 27.5 Å². The van der Waals surface area contributed by atoms with E-state index < -0.39 is 5.97 Å². The summed E-state index contributed by atoms with van der Waals surface area (Å²) in [6.07, 6.45) is 1.15. The number of hydrogen-bond acceptors (Lipinski definition) is 3. The first-order valence-corrected chi connectivity index (χ1v) is 6.46. The number of aromatic amines is 1. The molecule has 20 heavy (non-hydrogen) atoms. The standard InChI is InChI=1S/C13H8BrN3O3/c14-8-3-1-7(2-4-8)10-5-11(18)17-12(16-10)9(6-15-17)13(19)20/h1-6,16H,(H,19,20). The predicted octanol–water partition coefficient (Wildman–Crippen LogP) is 2.15. The van der Waals surface area contributed by atoms with Crippen molar-refractivity contribution in [2.24, 2.45) is 0 Å². The van der Waals surface area contributed by atoms with Gasteiger partial charge in [-0.25, -0.2) is 4.79 Å². The van der Waals surface area contributed by atoms with Gasteiger partial charge in [-0.3, -0.25) is 4.79 Å². The van der Waals surface area contributed by atoms with Crippen molar-refractivity contribution in [3.8, 4) is 11.3 Å². The molecule has 0 saturated carbocycles. The normalized spacial score (nSPS) is 10.8. The molecule has 100 valence electrons. The minimum Gasteiger partial charge on any atom is -0.477 e. The number of aromatic nitrogens is 3. The van der Waals surface area contributed by atoms with Crippen LogP contribution in [0.25, 0.3) is 16.9 Å². The third-order valence-corrected chi connectivity index (χ3v) is 3.41. The number of carboxylic acid groups (broad SMARTS) is 1. The molecule has 0 saturated heterocycles. The second kappa shape index (κ2) is 4.61. The molecule has 3 aromatic rings. The van der Waals surface area contributed by atoms with Crippen LogP contribution < -0.4 is 5.56 Å². The summed E-state index contributed by atoms with van der Waals surface area (Å²) in [7, 11) is 0. The molecule has 6 nitrogen and oxygen atoms in total. The molecule has 0 aliphatic heterocycles. The quantitative estimate of drug-likeness (QED) is 0.752. The van der Waals surface area contributed by atoms with Crippen LogP contribution in [0, 0.1) is 0 Å². The summed E-state index contributed by atoms with van der Waals surface area (Å²) in [6, 6.07) is 8.71. The Morgan fingerprint density at radius 2 is 2.00 bits per heavy atom. The van der Waals surface area contributed by atoms with Crippen molar-refractivity contribution in [1.29, 1.82) is 0 Å². The molecular formula is C13H8BrN3O3. The van der Waals surface area contributed by atoms with Crippen LogP contribution in [0.2, 0.25) is 0 Å². The predicted molar refractivity (Wildman–Crippen MR) is 75.9 cm³/mol. The average molecular weight is 334 g/mol. The highest BCUT2D eigenvalue weighted by Gasteiger charge is 2.14. The van der Waals surface area contributed by atoms with E-state index in [0.717, 1.165) is 20.7 Å². The van der Waals surface area contributed by atoms with E-state index in [1.807, 2.05) is 24.3 Å². The lowest BCUT2D eigenvalue weighted by atomic mass is 10.1. The molecule has 0 radical (unpaired) electrons. The molecule has 0 atom stereocenters. The van der Waals surface area contributed by atoms with Crippen LogP contribution >= 0.6 is 15.9 Å². The first kappa shape index (κ1) is 12.6. The molecule has 2 N–H and O–H groups in total. The summed E-state index contributed by atoms with van der Waals surface area (Å²) in [5.74, 6) is -1.14. The Morgan fingerprint density at radius 3 is 2.65 bits per heavy atom. The van der Waals surface area contributed by atoms with E-state index in [1.54, 1.807) is 0 Å². The largest absolute Gasteiger partial charge is 0.477 e. The number of aromatic carboxylic acids is 1. The number of hydrogen-bond donors (Lipinski definition) is 2. The van der Waals surface area contributed by atoms with Crippen LogP contribution in [-0.4, -0.2) is 25.7 Å². The molecule has 0 spiro atoms. The fourth-order valence-corrected chi connectivity index (χ4v) is 2.19. The van der Waals surface area contributed by atoms with E-state index in [-0.39, 0.29) is 16.8 Å². The van der Waals surface area contributed by atoms with Gasteiger partial charge in [-0.15, -0.1) is 0 Å². The molecule has 7 heteroatoms. The van der Waals surface area contributed by atoms with E-state index in [9.17, 15) is 9.59 Å². The Kier molecular flexibility index (Phi) is 2.90. The van der Waals surface area contributed by atoms with Gasteiger partial charge in [-0.1, -0.05) is 28.1 Å². The third-order valence-electron chi connectivity index (χ3n) is 2.88. The van der Waals surface area contributed by atoms with Gasteiger partial charge in [0.05, 0.1) is 11.9 Å². The highest BCUT2D eigenvalue weighted by molar-refractivity contribution is 9.10. The summed E-state index contributed by atoms with van der Waals surface area (Å²) in [5.41, 5.74) is 1.07. The fraction of sp³-hybridized carbons (Fsp3) is 0. The third kappa shape index (κ3) is 2.01. The molecule has 1 aromatic carbocycles. The lowest BCUT2D eigenvalue weighted by Crippen LogP contribution is -2.15. The number of rotatable bonds is 2. The van der Waals surface area contributed by atoms with Gasteiger partial charge >= 0.3 is 5.97 Å². The summed E-state index contributed by atoms with van der Waals surface area (Å²) in [4.78, 5) is 26.0. The second-order valence-corrected chi connectivity index (χ2v) is 5.07. The minimum absolute atomic E-state index is 0.0407. The van der Waals surface area contributed by atoms with Crippen LogP contribution in [-0.2, 0) is 0 Å². The lowest BCUT2D eigenvalue weighted by molar-refractivity contribution is 0.0699. The Hall–Kier alpha value is -2.41. The maximum Gasteiger partial charge on any atom is 0.341 e. The van der Waals surface area contributed by atoms with Gasteiger partial charge in [-0.2, -0.15) is 9.61 Å². The zero-order valence-electron chi connectivity index (χ0n) is 10.0. The monoisotopic (exact) mass is 333 g/mol. The molecule has 0 unspecified atom stereocenters. The lowest BCUT2D eigenvalue weighted by Gasteiger charge is -2.03. The average Bonchev–Trinajstić information content (AvgIpc) is 2.84. The van der Waals surface area contributed by atoms with Gasteiger partial charge in [0.25, 0.3) is 5.56 Å². The van der Waals surface area contributed by atoms with Gasteiger partial charge in [0.15, 0.2) is 5.65 Å². The summed E-state index contributed by atoms with van der Waals surface area (Å²) >= 11 is 3.33. The maximum atomic E-state index is 12.0. The molecule has 0 amide bonds. The van der Waals surface area contributed by atoms with E-state index in [2.05, 4.69) is 26.0 Å². The number of halogens is 1. The number of benzene rings is 1. The first-order chi connectivity index (χ1) is 9.56. The fourth-order valence-electron chi connectivity index (χ4n) is 1.93. The zero-order valence-corrected chi connectivity index (χ0v) is 11.6. The number of fused-ring (bicyclic) bond motifs is 1. The molecular weight excluding hydrogens is 326 g/mol. The number of carboxylic acids is 1. The van der Waals surface area contributed by atoms with Crippen molar-refractivity contribution in [3.05, 3.63) is 56.9 Å². The highest BCUT2D eigenvalue weighted by atomic mass is 79.9. The molecule has 3 rings (SSSR count). The van der Waals surface area contributed by atoms with Crippen LogP contribution in [0.5, 0.6) is 0 Å². The van der Waals surface area contributed by atoms with Crippen LogP contribution in [0.15, 0.2) is 45.8 Å².